The van der Waals surface area contributed by atoms with Gasteiger partial charge in [0.25, 0.3) is 0 Å². The minimum atomic E-state index is -0.140. The van der Waals surface area contributed by atoms with E-state index in [1.165, 1.54) is 25.5 Å². The molecule has 1 aromatic carbocycles. The Labute approximate surface area is 194 Å². The molecule has 1 amide bonds. The molecule has 0 radical (unpaired) electrons. The van der Waals surface area contributed by atoms with Gasteiger partial charge in [0.15, 0.2) is 0 Å². The van der Waals surface area contributed by atoms with Gasteiger partial charge in [0, 0.05) is 25.4 Å². The first-order valence-corrected chi connectivity index (χ1v) is 12.4. The second-order valence-corrected chi connectivity index (χ2v) is 10.3. The number of unbranched alkanes of at least 4 members (excludes halogenated alkanes) is 1. The number of hydrogen-bond donors (Lipinski definition) is 0. The number of benzene rings is 1. The summed E-state index contributed by atoms with van der Waals surface area (Å²) in [7, 11) is 1.44. The highest BCUT2D eigenvalue weighted by atomic mass is 16.5. The van der Waals surface area contributed by atoms with Gasteiger partial charge < -0.3 is 9.64 Å². The molecule has 4 rings (SSSR count). The number of fused-ring (bicyclic) bond motifs is 2. The zero-order valence-corrected chi connectivity index (χ0v) is 20.4. The van der Waals surface area contributed by atoms with Gasteiger partial charge in [-0.2, -0.15) is 0 Å². The van der Waals surface area contributed by atoms with Crippen LogP contribution in [-0.2, 0) is 20.9 Å². The first kappa shape index (κ1) is 24.5. The highest BCUT2D eigenvalue weighted by molar-refractivity contribution is 5.76. The standard InChI is InChI=1S/C28H41NO3/c1-5-13-25(30)29(20-21-14-9-8-10-15-21)27-22(18-23-19-24(27)28(23,2)3)16-11-6-7-12-17-26(31)32-4/h6,8-11,14-15,22-24,27H,5,7,12-13,16-20H2,1-4H3/b11-6-/t22-,23+,24+,27?/m0/s1. The molecule has 1 unspecified atom stereocenters. The van der Waals surface area contributed by atoms with Crippen molar-refractivity contribution in [3.8, 4) is 0 Å². The van der Waals surface area contributed by atoms with Crippen LogP contribution >= 0.6 is 0 Å². The van der Waals surface area contributed by atoms with Crippen molar-refractivity contribution in [2.24, 2.45) is 23.2 Å². The largest absolute Gasteiger partial charge is 0.469 e. The Morgan fingerprint density at radius 3 is 2.53 bits per heavy atom. The predicted molar refractivity (Wildman–Crippen MR) is 129 cm³/mol. The van der Waals surface area contributed by atoms with E-state index in [2.05, 4.69) is 62.1 Å². The Bertz CT molecular complexity index is 785. The highest BCUT2D eigenvalue weighted by Crippen LogP contribution is 2.62. The van der Waals surface area contributed by atoms with Gasteiger partial charge >= 0.3 is 5.97 Å². The van der Waals surface area contributed by atoms with Gasteiger partial charge in [-0.1, -0.05) is 63.3 Å². The summed E-state index contributed by atoms with van der Waals surface area (Å²) in [6.07, 6.45) is 11.7. The molecule has 3 aliphatic carbocycles. The molecule has 3 aliphatic rings. The summed E-state index contributed by atoms with van der Waals surface area (Å²) in [5.74, 6) is 2.01. The van der Waals surface area contributed by atoms with Crippen LogP contribution in [0.3, 0.4) is 0 Å². The van der Waals surface area contributed by atoms with E-state index in [0.29, 0.717) is 48.6 Å². The lowest BCUT2D eigenvalue weighted by molar-refractivity contribution is -0.167. The van der Waals surface area contributed by atoms with E-state index < -0.39 is 0 Å². The van der Waals surface area contributed by atoms with Crippen LogP contribution in [-0.4, -0.2) is 29.9 Å². The number of esters is 1. The minimum Gasteiger partial charge on any atom is -0.469 e. The molecule has 0 spiro atoms. The number of nitrogens with zero attached hydrogens (tertiary/aromatic N) is 1. The maximum atomic E-state index is 13.3. The van der Waals surface area contributed by atoms with Crippen LogP contribution < -0.4 is 0 Å². The summed E-state index contributed by atoms with van der Waals surface area (Å²) >= 11 is 0. The first-order valence-electron chi connectivity index (χ1n) is 12.4. The Hall–Kier alpha value is -2.10. The highest BCUT2D eigenvalue weighted by Gasteiger charge is 2.59. The van der Waals surface area contributed by atoms with Crippen LogP contribution in [0.2, 0.25) is 0 Å². The maximum Gasteiger partial charge on any atom is 0.305 e. The predicted octanol–water partition coefficient (Wildman–Crippen LogP) is 6.16. The molecule has 32 heavy (non-hydrogen) atoms. The zero-order valence-electron chi connectivity index (χ0n) is 20.4. The smallest absolute Gasteiger partial charge is 0.305 e. The third-order valence-electron chi connectivity index (χ3n) is 7.95. The topological polar surface area (TPSA) is 46.6 Å². The van der Waals surface area contributed by atoms with Gasteiger partial charge in [0.2, 0.25) is 5.91 Å². The second kappa shape index (κ2) is 11.2. The molecule has 3 saturated carbocycles. The van der Waals surface area contributed by atoms with Crippen LogP contribution in [0.25, 0.3) is 0 Å². The van der Waals surface area contributed by atoms with Crippen molar-refractivity contribution in [3.05, 3.63) is 48.0 Å². The van der Waals surface area contributed by atoms with Crippen LogP contribution in [0.15, 0.2) is 42.5 Å². The van der Waals surface area contributed by atoms with Crippen molar-refractivity contribution in [2.75, 3.05) is 7.11 Å². The fourth-order valence-corrected chi connectivity index (χ4v) is 5.93. The lowest BCUT2D eigenvalue weighted by Gasteiger charge is -2.64. The molecule has 1 aromatic rings. The van der Waals surface area contributed by atoms with Crippen molar-refractivity contribution in [1.29, 1.82) is 0 Å². The molecule has 2 bridgehead atoms. The average molecular weight is 440 g/mol. The molecular weight excluding hydrogens is 398 g/mol. The van der Waals surface area contributed by atoms with Gasteiger partial charge in [-0.05, 0) is 67.3 Å². The van der Waals surface area contributed by atoms with Gasteiger partial charge in [-0.3, -0.25) is 9.59 Å². The average Bonchev–Trinajstić information content (AvgIpc) is 2.80. The van der Waals surface area contributed by atoms with Gasteiger partial charge in [-0.25, -0.2) is 0 Å². The van der Waals surface area contributed by atoms with Gasteiger partial charge in [-0.15, -0.1) is 0 Å². The minimum absolute atomic E-state index is 0.140. The lowest BCUT2D eigenvalue weighted by atomic mass is 9.44. The monoisotopic (exact) mass is 439 g/mol. The van der Waals surface area contributed by atoms with E-state index in [4.69, 9.17) is 4.74 Å². The Morgan fingerprint density at radius 2 is 1.88 bits per heavy atom. The SMILES string of the molecule is CCCC(=O)N(Cc1ccccc1)C1[C@@H](C/C=C\CCCC(=O)OC)C[C@@H]2C[C@H]1C2(C)C. The van der Waals surface area contributed by atoms with Gasteiger partial charge in [0.05, 0.1) is 7.11 Å². The Morgan fingerprint density at radius 1 is 1.12 bits per heavy atom. The molecule has 176 valence electrons. The van der Waals surface area contributed by atoms with E-state index in [0.717, 1.165) is 31.6 Å². The van der Waals surface area contributed by atoms with Crippen LogP contribution in [0.4, 0.5) is 0 Å². The van der Waals surface area contributed by atoms with Crippen molar-refractivity contribution in [1.82, 2.24) is 4.90 Å². The summed E-state index contributed by atoms with van der Waals surface area (Å²) in [5, 5.41) is 0. The molecule has 0 aromatic heterocycles. The Kier molecular flexibility index (Phi) is 8.56. The first-order chi connectivity index (χ1) is 15.4. The van der Waals surface area contributed by atoms with E-state index in [1.807, 2.05) is 6.07 Å². The molecule has 0 heterocycles. The van der Waals surface area contributed by atoms with Crippen molar-refractivity contribution >= 4 is 11.9 Å². The van der Waals surface area contributed by atoms with Gasteiger partial charge in [0.1, 0.15) is 0 Å². The number of methoxy groups -OCH3 is 1. The number of carbonyl (C=O) groups is 2. The fraction of sp³-hybridized carbons (Fsp3) is 0.643. The summed E-state index contributed by atoms with van der Waals surface area (Å²) in [4.78, 5) is 26.9. The summed E-state index contributed by atoms with van der Waals surface area (Å²) in [6.45, 7) is 7.61. The summed E-state index contributed by atoms with van der Waals surface area (Å²) in [5.41, 5.74) is 1.53. The molecule has 3 fully saturated rings. The molecule has 0 N–H and O–H groups in total. The fourth-order valence-electron chi connectivity index (χ4n) is 5.93. The molecule has 4 atom stereocenters. The van der Waals surface area contributed by atoms with Crippen LogP contribution in [0, 0.1) is 23.2 Å². The van der Waals surface area contributed by atoms with E-state index in [9.17, 15) is 9.59 Å². The molecule has 0 aliphatic heterocycles. The molecule has 4 heteroatoms. The zero-order chi connectivity index (χ0) is 23.1. The normalized spacial score (nSPS) is 25.9. The lowest BCUT2D eigenvalue weighted by Crippen LogP contribution is -2.64. The van der Waals surface area contributed by atoms with E-state index in [1.54, 1.807) is 0 Å². The Balaban J connectivity index is 1.73. The van der Waals surface area contributed by atoms with Crippen LogP contribution in [0.5, 0.6) is 0 Å². The molecule has 0 saturated heterocycles. The third kappa shape index (κ3) is 5.63. The molecular formula is C28H41NO3. The number of carbonyl (C=O) groups excluding carboxylic acids is 2. The summed E-state index contributed by atoms with van der Waals surface area (Å²) < 4.78 is 4.72. The van der Waals surface area contributed by atoms with Crippen molar-refractivity contribution < 1.29 is 14.3 Å². The number of rotatable bonds is 11. The van der Waals surface area contributed by atoms with Crippen molar-refractivity contribution in [2.45, 2.75) is 84.7 Å². The number of hydrogen-bond acceptors (Lipinski definition) is 3. The number of amides is 1. The van der Waals surface area contributed by atoms with E-state index >= 15 is 0 Å². The maximum absolute atomic E-state index is 13.3. The quantitative estimate of drug-likeness (QED) is 0.236. The second-order valence-electron chi connectivity index (χ2n) is 10.3. The number of ether oxygens (including phenoxy) is 1. The van der Waals surface area contributed by atoms with E-state index in [-0.39, 0.29) is 5.97 Å². The number of allylic oxidation sites excluding steroid dienone is 2. The molecule has 4 nitrogen and oxygen atoms in total. The summed E-state index contributed by atoms with van der Waals surface area (Å²) in [6, 6.07) is 10.7. The van der Waals surface area contributed by atoms with Crippen molar-refractivity contribution in [3.63, 3.8) is 0 Å². The third-order valence-corrected chi connectivity index (χ3v) is 7.95. The van der Waals surface area contributed by atoms with Crippen LogP contribution in [0.1, 0.15) is 77.7 Å².